The van der Waals surface area contributed by atoms with Crippen LogP contribution in [0.3, 0.4) is 0 Å². The Balaban J connectivity index is 2.72. The Hall–Kier alpha value is -4.74. The van der Waals surface area contributed by atoms with Crippen LogP contribution >= 0.6 is 0 Å². The van der Waals surface area contributed by atoms with Crippen molar-refractivity contribution >= 4 is 35.8 Å². The lowest BCUT2D eigenvalue weighted by Gasteiger charge is -2.12. The predicted molar refractivity (Wildman–Crippen MR) is 189 cm³/mol. The highest BCUT2D eigenvalue weighted by atomic mass is 16.5. The first kappa shape index (κ1) is 44.3. The molecule has 0 aliphatic heterocycles. The molecule has 12 nitrogen and oxygen atoms in total. The summed E-state index contributed by atoms with van der Waals surface area (Å²) in [6.45, 7) is 17.0. The Kier molecular flexibility index (Phi) is 22.7. The molecule has 1 rings (SSSR count). The maximum Gasteiger partial charge on any atom is 0.333 e. The fourth-order valence-electron chi connectivity index (χ4n) is 4.63. The summed E-state index contributed by atoms with van der Waals surface area (Å²) in [6, 6.07) is 5.24. The number of carbonyl (C=O) groups is 6. The third-order valence-electron chi connectivity index (χ3n) is 7.33. The number of rotatable bonds is 27. The smallest absolute Gasteiger partial charge is 0.333 e. The lowest BCUT2D eigenvalue weighted by atomic mass is 10.1. The van der Waals surface area contributed by atoms with E-state index >= 15 is 0 Å². The highest BCUT2D eigenvalue weighted by Gasteiger charge is 2.13. The molecule has 0 saturated carbocycles. The highest BCUT2D eigenvalue weighted by Crippen LogP contribution is 2.17. The second-order valence-corrected chi connectivity index (χ2v) is 11.7. The highest BCUT2D eigenvalue weighted by molar-refractivity contribution is 5.88. The van der Waals surface area contributed by atoms with Crippen molar-refractivity contribution in [3.05, 3.63) is 71.3 Å². The molecule has 0 spiro atoms. The van der Waals surface area contributed by atoms with E-state index in [1.165, 1.54) is 0 Å². The average molecular weight is 715 g/mol. The Bertz CT molecular complexity index is 1190. The minimum atomic E-state index is -0.443. The molecular formula is C39H54O12. The number of esters is 6. The quantitative estimate of drug-likeness (QED) is 0.0404. The van der Waals surface area contributed by atoms with Gasteiger partial charge in [0.1, 0.15) is 19.8 Å². The zero-order chi connectivity index (χ0) is 38.0. The van der Waals surface area contributed by atoms with E-state index in [-0.39, 0.29) is 58.9 Å². The number of ether oxygens (including phenoxy) is 6. The third-order valence-corrected chi connectivity index (χ3v) is 7.33. The molecule has 0 fully saturated rings. The van der Waals surface area contributed by atoms with Gasteiger partial charge in [0.25, 0.3) is 0 Å². The SMILES string of the molecule is C=C(CCCCC(=O)OCc1cc(COC(=O)CCCCC(=C)C(=O)OCC)cc(COC(=O)CCCCC(=C)C(=O)OCC)c1)C(=O)OCC. The molecule has 0 atom stereocenters. The summed E-state index contributed by atoms with van der Waals surface area (Å²) in [5, 5.41) is 0. The summed E-state index contributed by atoms with van der Waals surface area (Å²) in [6.07, 6.45) is 4.93. The van der Waals surface area contributed by atoms with Gasteiger partial charge in [-0.05, 0) is 113 Å². The van der Waals surface area contributed by atoms with Gasteiger partial charge in [0.15, 0.2) is 0 Å². The van der Waals surface area contributed by atoms with Gasteiger partial charge in [-0.15, -0.1) is 0 Å². The molecule has 0 unspecified atom stereocenters. The Morgan fingerprint density at radius 2 is 0.647 bits per heavy atom. The zero-order valence-electron chi connectivity index (χ0n) is 30.5. The van der Waals surface area contributed by atoms with Crippen LogP contribution in [0.15, 0.2) is 54.7 Å². The van der Waals surface area contributed by atoms with Gasteiger partial charge < -0.3 is 28.4 Å². The lowest BCUT2D eigenvalue weighted by Crippen LogP contribution is -2.09. The van der Waals surface area contributed by atoms with E-state index < -0.39 is 35.8 Å². The maximum atomic E-state index is 12.4. The molecule has 0 aliphatic carbocycles. The van der Waals surface area contributed by atoms with Crippen molar-refractivity contribution in [3.63, 3.8) is 0 Å². The van der Waals surface area contributed by atoms with Gasteiger partial charge in [-0.1, -0.05) is 19.7 Å². The molecule has 0 N–H and O–H groups in total. The first-order valence-corrected chi connectivity index (χ1v) is 17.5. The molecule has 0 bridgehead atoms. The number of carbonyl (C=O) groups excluding carboxylic acids is 6. The van der Waals surface area contributed by atoms with E-state index in [4.69, 9.17) is 28.4 Å². The largest absolute Gasteiger partial charge is 0.463 e. The second-order valence-electron chi connectivity index (χ2n) is 11.7. The van der Waals surface area contributed by atoms with Gasteiger partial charge in [0, 0.05) is 36.0 Å². The monoisotopic (exact) mass is 714 g/mol. The van der Waals surface area contributed by atoms with E-state index in [2.05, 4.69) is 19.7 Å². The number of hydrogen-bond donors (Lipinski definition) is 0. The summed E-state index contributed by atoms with van der Waals surface area (Å²) < 4.78 is 31.2. The van der Waals surface area contributed by atoms with E-state index in [0.29, 0.717) is 91.2 Å². The molecule has 1 aromatic carbocycles. The van der Waals surface area contributed by atoms with Gasteiger partial charge in [-0.25, -0.2) is 14.4 Å². The van der Waals surface area contributed by atoms with Crippen LogP contribution in [0.4, 0.5) is 0 Å². The molecule has 0 saturated heterocycles. The molecule has 0 aromatic heterocycles. The maximum absolute atomic E-state index is 12.4. The van der Waals surface area contributed by atoms with Crippen molar-refractivity contribution in [2.45, 2.75) is 118 Å². The molecular weight excluding hydrogens is 660 g/mol. The summed E-state index contributed by atoms with van der Waals surface area (Å²) in [5.74, 6) is -2.58. The fourth-order valence-corrected chi connectivity index (χ4v) is 4.63. The number of benzene rings is 1. The Morgan fingerprint density at radius 3 is 0.882 bits per heavy atom. The van der Waals surface area contributed by atoms with Crippen molar-refractivity contribution in [1.29, 1.82) is 0 Å². The number of unbranched alkanes of at least 4 members (excludes halogenated alkanes) is 3. The first-order chi connectivity index (χ1) is 24.4. The standard InChI is InChI=1S/C39H54O12/c1-7-46-37(43)28(4)16-10-13-19-34(40)49-25-31-22-32(26-50-35(41)20-14-11-17-29(5)38(44)47-8-2)24-33(23-31)27-51-36(42)21-15-12-18-30(6)39(45)48-9-3/h22-24H,4-21,25-27H2,1-3H3. The molecule has 51 heavy (non-hydrogen) atoms. The van der Waals surface area contributed by atoms with Crippen LogP contribution in [0.25, 0.3) is 0 Å². The van der Waals surface area contributed by atoms with Crippen LogP contribution in [0, 0.1) is 0 Å². The van der Waals surface area contributed by atoms with Crippen LogP contribution in [0.5, 0.6) is 0 Å². The van der Waals surface area contributed by atoms with E-state index in [1.807, 2.05) is 0 Å². The topological polar surface area (TPSA) is 158 Å². The van der Waals surface area contributed by atoms with Crippen molar-refractivity contribution < 1.29 is 57.2 Å². The van der Waals surface area contributed by atoms with Gasteiger partial charge >= 0.3 is 35.8 Å². The van der Waals surface area contributed by atoms with Crippen molar-refractivity contribution in [2.24, 2.45) is 0 Å². The van der Waals surface area contributed by atoms with E-state index in [9.17, 15) is 28.8 Å². The van der Waals surface area contributed by atoms with Crippen molar-refractivity contribution in [1.82, 2.24) is 0 Å². The molecule has 1 aromatic rings. The molecule has 0 amide bonds. The number of hydrogen-bond acceptors (Lipinski definition) is 12. The van der Waals surface area contributed by atoms with Gasteiger partial charge in [-0.3, -0.25) is 14.4 Å². The van der Waals surface area contributed by atoms with Crippen LogP contribution in [-0.2, 0) is 77.0 Å². The molecule has 282 valence electrons. The normalized spacial score (nSPS) is 10.4. The van der Waals surface area contributed by atoms with E-state index in [0.717, 1.165) is 0 Å². The van der Waals surface area contributed by atoms with Gasteiger partial charge in [0.2, 0.25) is 0 Å². The van der Waals surface area contributed by atoms with Crippen molar-refractivity contribution in [3.8, 4) is 0 Å². The van der Waals surface area contributed by atoms with Crippen LogP contribution in [0.2, 0.25) is 0 Å². The first-order valence-electron chi connectivity index (χ1n) is 17.5. The molecule has 12 heteroatoms. The van der Waals surface area contributed by atoms with E-state index in [1.54, 1.807) is 39.0 Å². The minimum Gasteiger partial charge on any atom is -0.463 e. The molecule has 0 radical (unpaired) electrons. The van der Waals surface area contributed by atoms with Crippen LogP contribution in [0.1, 0.15) is 115 Å². The van der Waals surface area contributed by atoms with Crippen LogP contribution in [-0.4, -0.2) is 55.6 Å². The average Bonchev–Trinajstić information content (AvgIpc) is 3.11. The zero-order valence-corrected chi connectivity index (χ0v) is 30.5. The second kappa shape index (κ2) is 26.1. The fraction of sp³-hybridized carbons (Fsp3) is 0.538. The molecule has 0 heterocycles. The summed E-state index contributed by atoms with van der Waals surface area (Å²) in [4.78, 5) is 72.4. The Labute approximate surface area is 301 Å². The third kappa shape index (κ3) is 20.5. The summed E-state index contributed by atoms with van der Waals surface area (Å²) in [7, 11) is 0. The minimum absolute atomic E-state index is 0.0498. The predicted octanol–water partition coefficient (Wildman–Crippen LogP) is 6.86. The molecule has 0 aliphatic rings. The summed E-state index contributed by atoms with van der Waals surface area (Å²) >= 11 is 0. The van der Waals surface area contributed by atoms with Crippen molar-refractivity contribution in [2.75, 3.05) is 19.8 Å². The van der Waals surface area contributed by atoms with Gasteiger partial charge in [-0.2, -0.15) is 0 Å². The summed E-state index contributed by atoms with van der Waals surface area (Å²) in [5.41, 5.74) is 2.93. The van der Waals surface area contributed by atoms with Gasteiger partial charge in [0.05, 0.1) is 19.8 Å². The Morgan fingerprint density at radius 1 is 0.412 bits per heavy atom. The lowest BCUT2D eigenvalue weighted by molar-refractivity contribution is -0.145. The van der Waals surface area contributed by atoms with Crippen LogP contribution < -0.4 is 0 Å².